The molecule has 1 spiro atoms. The molecule has 0 N–H and O–H groups in total. The summed E-state index contributed by atoms with van der Waals surface area (Å²) in [6.45, 7) is 3.11. The van der Waals surface area contributed by atoms with Crippen molar-refractivity contribution in [1.82, 2.24) is 14.8 Å². The summed E-state index contributed by atoms with van der Waals surface area (Å²) in [6.07, 6.45) is 9.92. The van der Waals surface area contributed by atoms with Crippen molar-refractivity contribution >= 4 is 23.6 Å². The predicted molar refractivity (Wildman–Crippen MR) is 107 cm³/mol. The number of hydrogen-bond donors (Lipinski definition) is 0. The number of aromatic nitrogens is 1. The highest BCUT2D eigenvalue weighted by atomic mass is 32.2. The van der Waals surface area contributed by atoms with Crippen LogP contribution in [0.3, 0.4) is 0 Å². The maximum absolute atomic E-state index is 12.7. The molecule has 3 aliphatic rings. The van der Waals surface area contributed by atoms with Gasteiger partial charge in [0.15, 0.2) is 0 Å². The molecule has 5 nitrogen and oxygen atoms in total. The zero-order valence-corrected chi connectivity index (χ0v) is 16.8. The average Bonchev–Trinajstić information content (AvgIpc) is 3.50. The maximum Gasteiger partial charge on any atom is 0.232 e. The lowest BCUT2D eigenvalue weighted by atomic mass is 9.73. The Balaban J connectivity index is 1.35. The third-order valence-electron chi connectivity index (χ3n) is 6.16. The summed E-state index contributed by atoms with van der Waals surface area (Å²) >= 11 is 1.80. The minimum atomic E-state index is 0.0794. The van der Waals surface area contributed by atoms with Gasteiger partial charge in [-0.05, 0) is 61.5 Å². The second-order valence-electron chi connectivity index (χ2n) is 8.48. The van der Waals surface area contributed by atoms with Gasteiger partial charge in [0.05, 0.1) is 5.75 Å². The molecule has 6 heteroatoms. The van der Waals surface area contributed by atoms with E-state index in [2.05, 4.69) is 9.88 Å². The van der Waals surface area contributed by atoms with E-state index in [9.17, 15) is 9.59 Å². The van der Waals surface area contributed by atoms with E-state index in [1.165, 1.54) is 12.8 Å². The standard InChI is InChI=1S/C21H29N3O2S/c25-19-4-8-21(16-24(19)12-17-5-9-22-10-6-17)7-1-11-23(15-21)20(26)14-27-13-18-2-3-18/h5-6,9-10,18H,1-4,7-8,11-16H2/t21-/m0/s1. The molecule has 3 heterocycles. The molecule has 1 saturated carbocycles. The fourth-order valence-corrected chi connectivity index (χ4v) is 5.54. The first-order valence-electron chi connectivity index (χ1n) is 10.2. The first kappa shape index (κ1) is 18.8. The molecular weight excluding hydrogens is 358 g/mol. The summed E-state index contributed by atoms with van der Waals surface area (Å²) in [6, 6.07) is 3.95. The molecule has 0 unspecified atom stereocenters. The summed E-state index contributed by atoms with van der Waals surface area (Å²) < 4.78 is 0. The Hall–Kier alpha value is -1.56. The van der Waals surface area contributed by atoms with E-state index in [4.69, 9.17) is 0 Å². The van der Waals surface area contributed by atoms with Crippen molar-refractivity contribution in [1.29, 1.82) is 0 Å². The number of nitrogens with zero attached hydrogens (tertiary/aromatic N) is 3. The van der Waals surface area contributed by atoms with Crippen LogP contribution in [0.15, 0.2) is 24.5 Å². The van der Waals surface area contributed by atoms with Crippen molar-refractivity contribution < 1.29 is 9.59 Å². The number of amides is 2. The number of carbonyl (C=O) groups is 2. The van der Waals surface area contributed by atoms with E-state index in [1.54, 1.807) is 24.2 Å². The van der Waals surface area contributed by atoms with Crippen LogP contribution in [0.5, 0.6) is 0 Å². The molecular formula is C21H29N3O2S. The smallest absolute Gasteiger partial charge is 0.232 e. The number of carbonyl (C=O) groups excluding carboxylic acids is 2. The lowest BCUT2D eigenvalue weighted by molar-refractivity contribution is -0.142. The normalized spacial score (nSPS) is 25.9. The van der Waals surface area contributed by atoms with E-state index >= 15 is 0 Å². The van der Waals surface area contributed by atoms with Gasteiger partial charge in [0.25, 0.3) is 0 Å². The summed E-state index contributed by atoms with van der Waals surface area (Å²) in [5.74, 6) is 3.14. The van der Waals surface area contributed by atoms with Crippen LogP contribution in [0.4, 0.5) is 0 Å². The van der Waals surface area contributed by atoms with Crippen LogP contribution in [0.1, 0.15) is 44.1 Å². The molecule has 27 heavy (non-hydrogen) atoms. The SMILES string of the molecule is O=C(CSCC1CC1)N1CCC[C@]2(CCC(=O)N(Cc3ccncc3)C2)C1. The molecule has 0 aromatic carbocycles. The van der Waals surface area contributed by atoms with Crippen molar-refractivity contribution in [2.75, 3.05) is 31.1 Å². The lowest BCUT2D eigenvalue weighted by Crippen LogP contribution is -2.55. The van der Waals surface area contributed by atoms with Gasteiger partial charge in [-0.2, -0.15) is 11.8 Å². The zero-order valence-electron chi connectivity index (χ0n) is 15.9. The van der Waals surface area contributed by atoms with Crippen LogP contribution < -0.4 is 0 Å². The van der Waals surface area contributed by atoms with Crippen LogP contribution in [0.2, 0.25) is 0 Å². The second-order valence-corrected chi connectivity index (χ2v) is 9.51. The number of likely N-dealkylation sites (tertiary alicyclic amines) is 2. The van der Waals surface area contributed by atoms with Gasteiger partial charge in [0.1, 0.15) is 0 Å². The van der Waals surface area contributed by atoms with Gasteiger partial charge in [0.2, 0.25) is 11.8 Å². The van der Waals surface area contributed by atoms with Gasteiger partial charge in [0, 0.05) is 50.4 Å². The largest absolute Gasteiger partial charge is 0.341 e. The molecule has 2 aliphatic heterocycles. The average molecular weight is 388 g/mol. The Bertz CT molecular complexity index is 679. The molecule has 1 aromatic heterocycles. The topological polar surface area (TPSA) is 53.5 Å². The van der Waals surface area contributed by atoms with Gasteiger partial charge in [-0.1, -0.05) is 0 Å². The predicted octanol–water partition coefficient (Wildman–Crippen LogP) is 2.96. The Labute approximate surface area is 165 Å². The Kier molecular flexibility index (Phi) is 5.71. The van der Waals surface area contributed by atoms with Crippen LogP contribution in [0, 0.1) is 11.3 Å². The fraction of sp³-hybridized carbons (Fsp3) is 0.667. The molecule has 0 radical (unpaired) electrons. The Morgan fingerprint density at radius 1 is 1.22 bits per heavy atom. The first-order valence-corrected chi connectivity index (χ1v) is 11.3. The van der Waals surface area contributed by atoms with Gasteiger partial charge < -0.3 is 9.80 Å². The van der Waals surface area contributed by atoms with Gasteiger partial charge in [-0.15, -0.1) is 0 Å². The molecule has 1 aromatic rings. The number of rotatable bonds is 6. The summed E-state index contributed by atoms with van der Waals surface area (Å²) in [7, 11) is 0. The highest BCUT2D eigenvalue weighted by Gasteiger charge is 2.42. The molecule has 1 atom stereocenters. The molecule has 3 fully saturated rings. The molecule has 4 rings (SSSR count). The van der Waals surface area contributed by atoms with Crippen LogP contribution in [-0.4, -0.2) is 57.7 Å². The van der Waals surface area contributed by atoms with E-state index in [-0.39, 0.29) is 17.2 Å². The minimum absolute atomic E-state index is 0.0794. The van der Waals surface area contributed by atoms with Crippen molar-refractivity contribution in [3.05, 3.63) is 30.1 Å². The Morgan fingerprint density at radius 3 is 2.81 bits per heavy atom. The third-order valence-corrected chi connectivity index (χ3v) is 7.32. The van der Waals surface area contributed by atoms with Crippen LogP contribution in [0.25, 0.3) is 0 Å². The van der Waals surface area contributed by atoms with E-state index in [0.29, 0.717) is 18.7 Å². The van der Waals surface area contributed by atoms with Gasteiger partial charge >= 0.3 is 0 Å². The van der Waals surface area contributed by atoms with Crippen molar-refractivity contribution in [2.45, 2.75) is 45.1 Å². The molecule has 2 amide bonds. The van der Waals surface area contributed by atoms with E-state index in [1.807, 2.05) is 17.0 Å². The first-order chi connectivity index (χ1) is 13.1. The Morgan fingerprint density at radius 2 is 2.04 bits per heavy atom. The van der Waals surface area contributed by atoms with Crippen molar-refractivity contribution in [3.63, 3.8) is 0 Å². The van der Waals surface area contributed by atoms with E-state index in [0.717, 1.165) is 56.1 Å². The number of pyridine rings is 1. The molecule has 2 saturated heterocycles. The fourth-order valence-electron chi connectivity index (χ4n) is 4.40. The summed E-state index contributed by atoms with van der Waals surface area (Å²) in [5.41, 5.74) is 1.20. The zero-order chi connectivity index (χ0) is 18.7. The van der Waals surface area contributed by atoms with Crippen LogP contribution in [-0.2, 0) is 16.1 Å². The van der Waals surface area contributed by atoms with Gasteiger partial charge in [-0.3, -0.25) is 14.6 Å². The van der Waals surface area contributed by atoms with E-state index < -0.39 is 0 Å². The minimum Gasteiger partial charge on any atom is -0.341 e. The summed E-state index contributed by atoms with van der Waals surface area (Å²) in [4.78, 5) is 33.3. The highest BCUT2D eigenvalue weighted by Crippen LogP contribution is 2.39. The summed E-state index contributed by atoms with van der Waals surface area (Å²) in [5, 5.41) is 0. The molecule has 1 aliphatic carbocycles. The molecule has 146 valence electrons. The number of thioether (sulfide) groups is 1. The highest BCUT2D eigenvalue weighted by molar-refractivity contribution is 7.99. The number of hydrogen-bond acceptors (Lipinski definition) is 4. The molecule has 0 bridgehead atoms. The van der Waals surface area contributed by atoms with Crippen molar-refractivity contribution in [3.8, 4) is 0 Å². The monoisotopic (exact) mass is 387 g/mol. The maximum atomic E-state index is 12.7. The quantitative estimate of drug-likeness (QED) is 0.753. The van der Waals surface area contributed by atoms with Crippen molar-refractivity contribution in [2.24, 2.45) is 11.3 Å². The second kappa shape index (κ2) is 8.21. The van der Waals surface area contributed by atoms with Gasteiger partial charge in [-0.25, -0.2) is 0 Å². The lowest BCUT2D eigenvalue weighted by Gasteiger charge is -2.48. The number of piperidine rings is 2. The van der Waals surface area contributed by atoms with Crippen LogP contribution >= 0.6 is 11.8 Å². The third kappa shape index (κ3) is 4.84.